The van der Waals surface area contributed by atoms with Crippen LogP contribution in [0.4, 0.5) is 0 Å². The predicted molar refractivity (Wildman–Crippen MR) is 178 cm³/mol. The van der Waals surface area contributed by atoms with Crippen molar-refractivity contribution in [1.82, 2.24) is 0 Å². The van der Waals surface area contributed by atoms with Crippen LogP contribution in [0, 0.1) is 0 Å². The van der Waals surface area contributed by atoms with Gasteiger partial charge in [0.1, 0.15) is 23.0 Å². The van der Waals surface area contributed by atoms with Crippen LogP contribution >= 0.6 is 127 Å². The van der Waals surface area contributed by atoms with E-state index in [1.165, 1.54) is 0 Å². The Morgan fingerprint density at radius 1 is 0.316 bits per heavy atom. The van der Waals surface area contributed by atoms with Crippen LogP contribution in [-0.4, -0.2) is 20.4 Å². The molecule has 4 nitrogen and oxygen atoms in total. The summed E-state index contributed by atoms with van der Waals surface area (Å²) in [6, 6.07) is 14.8. The van der Waals surface area contributed by atoms with Crippen LogP contribution in [-0.2, 0) is 0 Å². The van der Waals surface area contributed by atoms with E-state index >= 15 is 0 Å². The first-order valence-electron chi connectivity index (χ1n) is 10.5. The fraction of sp³-hybridized carbons (Fsp3) is 0.0769. The van der Waals surface area contributed by atoms with Gasteiger partial charge in [0.25, 0.3) is 0 Å². The van der Waals surface area contributed by atoms with Crippen LogP contribution in [0.5, 0.6) is 23.0 Å². The van der Waals surface area contributed by atoms with Gasteiger partial charge in [-0.15, -0.1) is 0 Å². The highest BCUT2D eigenvalue weighted by Gasteiger charge is 2.32. The van der Waals surface area contributed by atoms with E-state index in [2.05, 4.69) is 127 Å². The molecule has 0 unspecified atom stereocenters. The second-order valence-electron chi connectivity index (χ2n) is 8.29. The van der Waals surface area contributed by atoms with Crippen molar-refractivity contribution in [2.45, 2.75) is 11.8 Å². The minimum Gasteiger partial charge on any atom is -0.506 e. The summed E-state index contributed by atoms with van der Waals surface area (Å²) < 4.78 is 4.03. The molecule has 0 heterocycles. The van der Waals surface area contributed by atoms with Crippen molar-refractivity contribution in [3.05, 3.63) is 107 Å². The van der Waals surface area contributed by atoms with Gasteiger partial charge in [-0.3, -0.25) is 0 Å². The Bertz CT molecular complexity index is 1250. The normalized spacial score (nSPS) is 11.5. The first kappa shape index (κ1) is 30.9. The predicted octanol–water partition coefficient (Wildman–Crippen LogP) is 11.6. The van der Waals surface area contributed by atoms with Crippen molar-refractivity contribution >= 4 is 127 Å². The molecule has 12 heteroatoms. The molecule has 0 fully saturated rings. The fourth-order valence-electron chi connectivity index (χ4n) is 4.21. The van der Waals surface area contributed by atoms with Crippen LogP contribution in [0.3, 0.4) is 0 Å². The number of benzene rings is 4. The molecule has 38 heavy (non-hydrogen) atoms. The summed E-state index contributed by atoms with van der Waals surface area (Å²) in [6.07, 6.45) is 0. The van der Waals surface area contributed by atoms with Gasteiger partial charge in [-0.1, -0.05) is 0 Å². The van der Waals surface area contributed by atoms with Gasteiger partial charge < -0.3 is 20.4 Å². The average Bonchev–Trinajstić information content (AvgIpc) is 2.85. The molecule has 0 aliphatic heterocycles. The third kappa shape index (κ3) is 6.22. The van der Waals surface area contributed by atoms with Crippen LogP contribution in [0.15, 0.2) is 84.3 Å². The zero-order chi connectivity index (χ0) is 28.0. The second-order valence-corrected chi connectivity index (χ2v) is 15.1. The van der Waals surface area contributed by atoms with E-state index in [1.807, 2.05) is 48.5 Å². The number of rotatable bonds is 5. The molecule has 4 aromatic rings. The van der Waals surface area contributed by atoms with Gasteiger partial charge in [0, 0.05) is 11.8 Å². The molecule has 0 spiro atoms. The van der Waals surface area contributed by atoms with E-state index in [-0.39, 0.29) is 34.8 Å². The molecule has 0 saturated heterocycles. The second kappa shape index (κ2) is 12.4. The molecular formula is C26H14Br8O4. The summed E-state index contributed by atoms with van der Waals surface area (Å²) in [6.45, 7) is 0. The number of phenols is 4. The maximum atomic E-state index is 10.5. The zero-order valence-corrected chi connectivity index (χ0v) is 31.3. The van der Waals surface area contributed by atoms with E-state index in [9.17, 15) is 20.4 Å². The Morgan fingerprint density at radius 2 is 0.447 bits per heavy atom. The molecule has 4 aromatic carbocycles. The van der Waals surface area contributed by atoms with Gasteiger partial charge in [-0.25, -0.2) is 0 Å². The molecule has 4 rings (SSSR count). The van der Waals surface area contributed by atoms with Crippen LogP contribution in [0.1, 0.15) is 34.1 Å². The highest BCUT2D eigenvalue weighted by Crippen LogP contribution is 2.51. The molecule has 0 bridgehead atoms. The van der Waals surface area contributed by atoms with Crippen molar-refractivity contribution in [2.24, 2.45) is 0 Å². The van der Waals surface area contributed by atoms with Crippen LogP contribution in [0.2, 0.25) is 0 Å². The molecule has 0 aliphatic rings. The maximum absolute atomic E-state index is 10.5. The molecular weight excluding hydrogens is 1020 g/mol. The van der Waals surface area contributed by atoms with E-state index in [1.54, 1.807) is 0 Å². The quantitative estimate of drug-likeness (QED) is 0.161. The molecule has 0 radical (unpaired) electrons. The SMILES string of the molecule is Oc1c(Br)cc(C(c2cc(Br)c(O)c(Br)c2)C(c2cc(Br)c(O)c(Br)c2)c2cc(Br)c(O)c(Br)c2)cc1Br. The van der Waals surface area contributed by atoms with Crippen molar-refractivity contribution < 1.29 is 20.4 Å². The number of hydrogen-bond acceptors (Lipinski definition) is 4. The van der Waals surface area contributed by atoms with Crippen molar-refractivity contribution in [3.8, 4) is 23.0 Å². The standard InChI is InChI=1S/C26H14Br8O4/c27-13-1-9(2-14(28)23(13)35)21(10-3-15(29)24(36)16(30)4-10)22(11-5-17(31)25(37)18(32)6-11)12-7-19(33)26(38)20(34)8-12/h1-8,21-22,35-38H. The minimum atomic E-state index is -0.386. The van der Waals surface area contributed by atoms with Gasteiger partial charge in [0.05, 0.1) is 35.8 Å². The average molecular weight is 1030 g/mol. The first-order valence-corrected chi connectivity index (χ1v) is 16.9. The minimum absolute atomic E-state index is 0.0716. The summed E-state index contributed by atoms with van der Waals surface area (Å²) in [5.41, 5.74) is 3.38. The third-order valence-electron chi connectivity index (χ3n) is 5.93. The third-order valence-corrected chi connectivity index (χ3v) is 10.8. The van der Waals surface area contributed by atoms with Crippen molar-refractivity contribution in [2.75, 3.05) is 0 Å². The highest BCUT2D eigenvalue weighted by molar-refractivity contribution is 9.12. The topological polar surface area (TPSA) is 80.9 Å². The molecule has 0 atom stereocenters. The molecule has 0 aromatic heterocycles. The lowest BCUT2D eigenvalue weighted by molar-refractivity contribution is 0.465. The number of hydrogen-bond donors (Lipinski definition) is 4. The Balaban J connectivity index is 2.14. The molecule has 0 saturated carbocycles. The molecule has 4 N–H and O–H groups in total. The van der Waals surface area contributed by atoms with Gasteiger partial charge in [0.2, 0.25) is 0 Å². The summed E-state index contributed by atoms with van der Waals surface area (Å²) in [5, 5.41) is 41.9. The summed E-state index contributed by atoms with van der Waals surface area (Å²) >= 11 is 27.8. The lowest BCUT2D eigenvalue weighted by Crippen LogP contribution is -2.15. The number of halogens is 8. The molecule has 0 amide bonds. The highest BCUT2D eigenvalue weighted by atomic mass is 79.9. The van der Waals surface area contributed by atoms with Gasteiger partial charge >= 0.3 is 0 Å². The first-order chi connectivity index (χ1) is 17.8. The zero-order valence-electron chi connectivity index (χ0n) is 18.6. The molecule has 198 valence electrons. The van der Waals surface area contributed by atoms with E-state index in [0.29, 0.717) is 35.8 Å². The lowest BCUT2D eigenvalue weighted by atomic mass is 9.73. The smallest absolute Gasteiger partial charge is 0.143 e. The number of phenolic OH excluding ortho intramolecular Hbond substituents is 4. The Hall–Kier alpha value is -0.0800. The van der Waals surface area contributed by atoms with Gasteiger partial charge in [-0.2, -0.15) is 0 Å². The summed E-state index contributed by atoms with van der Waals surface area (Å²) in [5.74, 6) is -0.486. The fourth-order valence-corrected chi connectivity index (χ4v) is 9.10. The monoisotopic (exact) mass is 1020 g/mol. The van der Waals surface area contributed by atoms with Crippen molar-refractivity contribution in [1.29, 1.82) is 0 Å². The molecule has 0 aliphatic carbocycles. The summed E-state index contributed by atoms with van der Waals surface area (Å²) in [7, 11) is 0. The number of aromatic hydroxyl groups is 4. The van der Waals surface area contributed by atoms with E-state index in [0.717, 1.165) is 22.3 Å². The Labute approximate surface area is 285 Å². The van der Waals surface area contributed by atoms with E-state index < -0.39 is 0 Å². The largest absolute Gasteiger partial charge is 0.506 e. The summed E-state index contributed by atoms with van der Waals surface area (Å²) in [4.78, 5) is 0. The van der Waals surface area contributed by atoms with E-state index in [4.69, 9.17) is 0 Å². The van der Waals surface area contributed by atoms with Gasteiger partial charge in [0.15, 0.2) is 0 Å². The Morgan fingerprint density at radius 3 is 0.579 bits per heavy atom. The van der Waals surface area contributed by atoms with Crippen LogP contribution < -0.4 is 0 Å². The lowest BCUT2D eigenvalue weighted by Gasteiger charge is -2.31. The van der Waals surface area contributed by atoms with Gasteiger partial charge in [-0.05, 0) is 198 Å². The Kier molecular flexibility index (Phi) is 10.1. The van der Waals surface area contributed by atoms with Crippen molar-refractivity contribution in [3.63, 3.8) is 0 Å². The van der Waals surface area contributed by atoms with Crippen LogP contribution in [0.25, 0.3) is 0 Å². The maximum Gasteiger partial charge on any atom is 0.143 e.